The van der Waals surface area contributed by atoms with Crippen LogP contribution >= 0.6 is 11.6 Å². The molecule has 0 spiro atoms. The first-order chi connectivity index (χ1) is 10.9. The Kier molecular flexibility index (Phi) is 4.53. The van der Waals surface area contributed by atoms with E-state index in [-0.39, 0.29) is 5.56 Å². The minimum atomic E-state index is -4.95. The molecule has 2 rings (SSSR count). The molecule has 0 radical (unpaired) electrons. The van der Waals surface area contributed by atoms with Crippen LogP contribution in [0.2, 0.25) is 5.02 Å². The molecular weight excluding hydrogens is 364 g/mol. The van der Waals surface area contributed by atoms with Gasteiger partial charge >= 0.3 is 12.4 Å². The molecule has 0 saturated heterocycles. The molecule has 130 valence electrons. The third-order valence-corrected chi connectivity index (χ3v) is 3.33. The fourth-order valence-electron chi connectivity index (χ4n) is 2.02. The summed E-state index contributed by atoms with van der Waals surface area (Å²) in [7, 11) is 0. The van der Waals surface area contributed by atoms with Gasteiger partial charge in [0.1, 0.15) is 0 Å². The van der Waals surface area contributed by atoms with E-state index in [4.69, 9.17) is 17.3 Å². The minimum absolute atomic E-state index is 0.0180. The maximum absolute atomic E-state index is 13.0. The fourth-order valence-corrected chi connectivity index (χ4v) is 2.33. The highest BCUT2D eigenvalue weighted by atomic mass is 35.5. The molecule has 0 fully saturated rings. The zero-order valence-corrected chi connectivity index (χ0v) is 12.3. The van der Waals surface area contributed by atoms with E-state index in [1.807, 2.05) is 4.98 Å². The lowest BCUT2D eigenvalue weighted by Crippen LogP contribution is -2.25. The third-order valence-electron chi connectivity index (χ3n) is 3.02. The van der Waals surface area contributed by atoms with Gasteiger partial charge in [-0.2, -0.15) is 26.3 Å². The number of nitrogens with one attached hydrogen (secondary N) is 1. The average molecular weight is 372 g/mol. The van der Waals surface area contributed by atoms with Crippen molar-refractivity contribution in [3.8, 4) is 0 Å². The van der Waals surface area contributed by atoms with Crippen molar-refractivity contribution in [2.45, 2.75) is 18.8 Å². The van der Waals surface area contributed by atoms with Gasteiger partial charge in [0.2, 0.25) is 5.95 Å². The predicted molar refractivity (Wildman–Crippen MR) is 73.5 cm³/mol. The molecule has 1 heterocycles. The Morgan fingerprint density at radius 2 is 1.75 bits per heavy atom. The van der Waals surface area contributed by atoms with Gasteiger partial charge in [-0.05, 0) is 17.7 Å². The molecule has 0 aliphatic rings. The van der Waals surface area contributed by atoms with E-state index in [1.165, 1.54) is 0 Å². The van der Waals surface area contributed by atoms with Gasteiger partial charge in [0.25, 0.3) is 5.56 Å². The van der Waals surface area contributed by atoms with Gasteiger partial charge in [0, 0.05) is 6.42 Å². The quantitative estimate of drug-likeness (QED) is 0.792. The molecule has 1 aromatic carbocycles. The second-order valence-corrected chi connectivity index (χ2v) is 5.17. The molecular formula is C13H8ClF6N3O. The van der Waals surface area contributed by atoms with Crippen molar-refractivity contribution in [1.82, 2.24) is 9.97 Å². The lowest BCUT2D eigenvalue weighted by molar-refractivity contribution is -0.141. The number of benzene rings is 1. The Morgan fingerprint density at radius 3 is 2.25 bits per heavy atom. The van der Waals surface area contributed by atoms with Crippen LogP contribution in [0.15, 0.2) is 23.0 Å². The van der Waals surface area contributed by atoms with Gasteiger partial charge in [-0.3, -0.25) is 9.78 Å². The molecule has 24 heavy (non-hydrogen) atoms. The van der Waals surface area contributed by atoms with Crippen molar-refractivity contribution in [3.05, 3.63) is 56.0 Å². The second-order valence-electron chi connectivity index (χ2n) is 4.76. The smallest absolute Gasteiger partial charge is 0.369 e. The van der Waals surface area contributed by atoms with E-state index in [0.717, 1.165) is 12.1 Å². The van der Waals surface area contributed by atoms with E-state index in [2.05, 4.69) is 4.98 Å². The van der Waals surface area contributed by atoms with Gasteiger partial charge in [-0.1, -0.05) is 17.7 Å². The predicted octanol–water partition coefficient (Wildman–Crippen LogP) is 3.63. The molecule has 11 heteroatoms. The summed E-state index contributed by atoms with van der Waals surface area (Å²) in [5.74, 6) is -0.721. The SMILES string of the molecule is Nc1nc(C(F)(F)F)c(Cc2ccc(C(F)(F)F)c(Cl)c2)c(=O)[nH]1. The van der Waals surface area contributed by atoms with Crippen molar-refractivity contribution < 1.29 is 26.3 Å². The summed E-state index contributed by atoms with van der Waals surface area (Å²) in [5.41, 5.74) is 0.544. The number of aromatic nitrogens is 2. The number of nitrogen functional groups attached to an aromatic ring is 1. The van der Waals surface area contributed by atoms with Crippen LogP contribution in [0.4, 0.5) is 32.3 Å². The number of hydrogen-bond acceptors (Lipinski definition) is 3. The van der Waals surface area contributed by atoms with Gasteiger partial charge in [0.05, 0.1) is 16.1 Å². The van der Waals surface area contributed by atoms with E-state index in [1.54, 1.807) is 0 Å². The van der Waals surface area contributed by atoms with Crippen LogP contribution < -0.4 is 11.3 Å². The number of alkyl halides is 6. The number of hydrogen-bond donors (Lipinski definition) is 2. The van der Waals surface area contributed by atoms with Gasteiger partial charge in [-0.15, -0.1) is 0 Å². The molecule has 4 nitrogen and oxygen atoms in total. The summed E-state index contributed by atoms with van der Waals surface area (Å²) in [6.45, 7) is 0. The molecule has 3 N–H and O–H groups in total. The lowest BCUT2D eigenvalue weighted by atomic mass is 10.0. The molecule has 0 saturated carbocycles. The Hall–Kier alpha value is -2.23. The third kappa shape index (κ3) is 3.81. The first-order valence-electron chi connectivity index (χ1n) is 6.21. The summed E-state index contributed by atoms with van der Waals surface area (Å²) in [6.07, 6.45) is -10.3. The fraction of sp³-hybridized carbons (Fsp3) is 0.231. The maximum Gasteiger partial charge on any atom is 0.433 e. The van der Waals surface area contributed by atoms with Crippen LogP contribution in [-0.4, -0.2) is 9.97 Å². The van der Waals surface area contributed by atoms with Crippen LogP contribution in [0.1, 0.15) is 22.4 Å². The summed E-state index contributed by atoms with van der Waals surface area (Å²) in [4.78, 5) is 16.7. The Balaban J connectivity index is 2.50. The largest absolute Gasteiger partial charge is 0.433 e. The van der Waals surface area contributed by atoms with Crippen molar-refractivity contribution in [2.24, 2.45) is 0 Å². The molecule has 0 amide bonds. The van der Waals surface area contributed by atoms with Crippen LogP contribution in [0.3, 0.4) is 0 Å². The Morgan fingerprint density at radius 1 is 1.12 bits per heavy atom. The van der Waals surface area contributed by atoms with E-state index in [9.17, 15) is 31.1 Å². The second kappa shape index (κ2) is 6.00. The van der Waals surface area contributed by atoms with Crippen LogP contribution in [-0.2, 0) is 18.8 Å². The standard InChI is InChI=1S/C13H8ClF6N3O/c14-8-4-5(1-2-7(8)12(15,16)17)3-6-9(13(18,19)20)22-11(21)23-10(6)24/h1-2,4H,3H2,(H3,21,22,23,24). The van der Waals surface area contributed by atoms with Crippen molar-refractivity contribution in [1.29, 1.82) is 0 Å². The minimum Gasteiger partial charge on any atom is -0.369 e. The van der Waals surface area contributed by atoms with Crippen LogP contribution in [0, 0.1) is 0 Å². The molecule has 0 atom stereocenters. The molecule has 0 unspecified atom stereocenters. The van der Waals surface area contributed by atoms with E-state index < -0.39 is 52.1 Å². The number of anilines is 1. The molecule has 0 aliphatic heterocycles. The van der Waals surface area contributed by atoms with Gasteiger partial charge < -0.3 is 5.73 Å². The van der Waals surface area contributed by atoms with Gasteiger partial charge in [-0.25, -0.2) is 4.98 Å². The highest BCUT2D eigenvalue weighted by molar-refractivity contribution is 6.31. The highest BCUT2D eigenvalue weighted by Gasteiger charge is 2.37. The first kappa shape index (κ1) is 18.1. The number of nitrogens with two attached hydrogens (primary N) is 1. The molecule has 2 aromatic rings. The summed E-state index contributed by atoms with van der Waals surface area (Å²) in [5, 5.41) is -0.687. The van der Waals surface area contributed by atoms with E-state index in [0.29, 0.717) is 6.07 Å². The topological polar surface area (TPSA) is 71.8 Å². The monoisotopic (exact) mass is 371 g/mol. The van der Waals surface area contributed by atoms with Crippen molar-refractivity contribution in [3.63, 3.8) is 0 Å². The number of nitrogens with zero attached hydrogens (tertiary/aromatic N) is 1. The number of aromatic amines is 1. The summed E-state index contributed by atoms with van der Waals surface area (Å²) >= 11 is 5.51. The molecule has 1 aromatic heterocycles. The number of H-pyrrole nitrogens is 1. The summed E-state index contributed by atoms with van der Waals surface area (Å²) in [6, 6.07) is 2.41. The Bertz CT molecular complexity index is 828. The normalized spacial score (nSPS) is 12.5. The van der Waals surface area contributed by atoms with E-state index >= 15 is 0 Å². The zero-order chi connectivity index (χ0) is 18.3. The Labute approximate surface area is 135 Å². The van der Waals surface area contributed by atoms with Crippen LogP contribution in [0.25, 0.3) is 0 Å². The van der Waals surface area contributed by atoms with Crippen LogP contribution in [0.5, 0.6) is 0 Å². The zero-order valence-electron chi connectivity index (χ0n) is 11.5. The molecule has 0 bridgehead atoms. The van der Waals surface area contributed by atoms with Crippen molar-refractivity contribution in [2.75, 3.05) is 5.73 Å². The van der Waals surface area contributed by atoms with Crippen molar-refractivity contribution >= 4 is 17.5 Å². The molecule has 0 aliphatic carbocycles. The highest BCUT2D eigenvalue weighted by Crippen LogP contribution is 2.36. The maximum atomic E-state index is 13.0. The average Bonchev–Trinajstić information content (AvgIpc) is 2.39. The number of rotatable bonds is 2. The number of halogens is 7. The lowest BCUT2D eigenvalue weighted by Gasteiger charge is -2.13. The summed E-state index contributed by atoms with van der Waals surface area (Å²) < 4.78 is 76.8. The van der Waals surface area contributed by atoms with Gasteiger partial charge in [0.15, 0.2) is 5.69 Å². The first-order valence-corrected chi connectivity index (χ1v) is 6.59.